The molecule has 0 amide bonds. The highest BCUT2D eigenvalue weighted by molar-refractivity contribution is 9.10. The van der Waals surface area contributed by atoms with Crippen molar-refractivity contribution in [1.29, 1.82) is 0 Å². The summed E-state index contributed by atoms with van der Waals surface area (Å²) < 4.78 is 38.9. The first-order valence-corrected chi connectivity index (χ1v) is 12.0. The highest BCUT2D eigenvalue weighted by Gasteiger charge is 2.36. The molecule has 32 heavy (non-hydrogen) atoms. The van der Waals surface area contributed by atoms with Gasteiger partial charge in [-0.2, -0.15) is 4.72 Å². The molecule has 1 aromatic carbocycles. The van der Waals surface area contributed by atoms with Crippen LogP contribution in [0.2, 0.25) is 0 Å². The number of hydrogen-bond acceptors (Lipinski definition) is 9. The lowest BCUT2D eigenvalue weighted by atomic mass is 10.1. The number of aromatic nitrogens is 3. The Morgan fingerprint density at radius 2 is 1.91 bits per heavy atom. The lowest BCUT2D eigenvalue weighted by molar-refractivity contribution is 0.174. The fraction of sp³-hybridized carbons (Fsp3) is 0.286. The number of fused-ring (bicyclic) bond motifs is 1. The number of hydrogen-bond donors (Lipinski definition) is 1. The Balaban J connectivity index is 1.36. The Labute approximate surface area is 195 Å². The molecule has 5 rings (SSSR count). The van der Waals surface area contributed by atoms with E-state index in [2.05, 4.69) is 35.6 Å². The minimum atomic E-state index is -1.23. The van der Waals surface area contributed by atoms with E-state index in [-0.39, 0.29) is 25.3 Å². The van der Waals surface area contributed by atoms with E-state index in [0.29, 0.717) is 34.6 Å². The Bertz CT molecular complexity index is 1100. The molecule has 3 heterocycles. The van der Waals surface area contributed by atoms with Gasteiger partial charge in [-0.1, -0.05) is 6.07 Å². The molecule has 11 heteroatoms. The molecular weight excluding hydrogens is 500 g/mol. The van der Waals surface area contributed by atoms with Crippen LogP contribution < -0.4 is 23.7 Å². The number of nitrogens with zero attached hydrogens (tertiary/aromatic N) is 3. The molecule has 3 aromatic rings. The van der Waals surface area contributed by atoms with Gasteiger partial charge in [0.05, 0.1) is 16.9 Å². The summed E-state index contributed by atoms with van der Waals surface area (Å²) in [5.41, 5.74) is 1.36. The van der Waals surface area contributed by atoms with Crippen LogP contribution >= 0.6 is 15.9 Å². The molecule has 1 aliphatic carbocycles. The highest BCUT2D eigenvalue weighted by atomic mass is 79.9. The second-order valence-electron chi connectivity index (χ2n) is 7.08. The molecule has 2 aliphatic rings. The zero-order valence-corrected chi connectivity index (χ0v) is 19.2. The maximum absolute atomic E-state index is 12.5. The van der Waals surface area contributed by atoms with Crippen LogP contribution in [0.4, 0.5) is 5.82 Å². The molecular formula is C21H19BrN4O5S. The van der Waals surface area contributed by atoms with Gasteiger partial charge in [0.25, 0.3) is 0 Å². The number of benzene rings is 1. The van der Waals surface area contributed by atoms with E-state index in [1.807, 2.05) is 24.3 Å². The number of halogens is 1. The van der Waals surface area contributed by atoms with Gasteiger partial charge in [0.1, 0.15) is 24.8 Å². The van der Waals surface area contributed by atoms with E-state index in [4.69, 9.17) is 18.9 Å². The van der Waals surface area contributed by atoms with Gasteiger partial charge in [0.15, 0.2) is 17.3 Å². The van der Waals surface area contributed by atoms with Crippen LogP contribution in [-0.4, -0.2) is 44.8 Å². The molecule has 2 aromatic heterocycles. The Kier molecular flexibility index (Phi) is 6.19. The standard InChI is InChI=1S/C21H19BrN4O5S/c22-14-2-6-18(23-10-14)28-7-8-29-21-19(13-1-5-16-17(9-13)31-12-30-16)20(24-11-25-21)26-32(27)15-3-4-15/h1-2,5-6,9-11,15H,3-4,7-8,12H2,(H,24,25,26). The van der Waals surface area contributed by atoms with Crippen LogP contribution in [0, 0.1) is 0 Å². The molecule has 1 fully saturated rings. The van der Waals surface area contributed by atoms with Gasteiger partial charge in [-0.25, -0.2) is 15.0 Å². The second-order valence-corrected chi connectivity index (χ2v) is 9.46. The van der Waals surface area contributed by atoms with Crippen molar-refractivity contribution in [2.45, 2.75) is 18.1 Å². The van der Waals surface area contributed by atoms with Crippen LogP contribution in [0.5, 0.6) is 23.3 Å². The summed E-state index contributed by atoms with van der Waals surface area (Å²) in [4.78, 5) is 12.8. The first-order chi connectivity index (χ1) is 15.7. The topological polar surface area (TPSA) is 111 Å². The van der Waals surface area contributed by atoms with E-state index in [1.165, 1.54) is 6.33 Å². The number of ether oxygens (including phenoxy) is 4. The summed E-state index contributed by atoms with van der Waals surface area (Å²) in [6.45, 7) is 0.680. The zero-order chi connectivity index (χ0) is 21.9. The van der Waals surface area contributed by atoms with E-state index in [0.717, 1.165) is 22.9 Å². The number of pyridine rings is 1. The number of nitrogens with one attached hydrogen (secondary N) is 1. The fourth-order valence-electron chi connectivity index (χ4n) is 3.06. The van der Waals surface area contributed by atoms with Crippen molar-refractivity contribution in [2.75, 3.05) is 24.7 Å². The molecule has 0 spiro atoms. The van der Waals surface area contributed by atoms with E-state index < -0.39 is 11.4 Å². The van der Waals surface area contributed by atoms with Crippen LogP contribution in [0.15, 0.2) is 47.3 Å². The van der Waals surface area contributed by atoms with Crippen molar-refractivity contribution in [1.82, 2.24) is 15.0 Å². The predicted molar refractivity (Wildman–Crippen MR) is 121 cm³/mol. The third kappa shape index (κ3) is 4.84. The second kappa shape index (κ2) is 9.39. The third-order valence-electron chi connectivity index (χ3n) is 4.77. The molecule has 9 nitrogen and oxygen atoms in total. The van der Waals surface area contributed by atoms with Gasteiger partial charge in [-0.15, -0.1) is 0 Å². The number of anilines is 1. The Morgan fingerprint density at radius 1 is 1.06 bits per heavy atom. The van der Waals surface area contributed by atoms with Gasteiger partial charge in [-0.05, 0) is 39.7 Å². The molecule has 0 radical (unpaired) electrons. The summed E-state index contributed by atoms with van der Waals surface area (Å²) in [7, 11) is 0. The summed E-state index contributed by atoms with van der Waals surface area (Å²) in [6.07, 6.45) is 4.93. The minimum Gasteiger partial charge on any atom is -0.593 e. The molecule has 1 atom stereocenters. The summed E-state index contributed by atoms with van der Waals surface area (Å²) in [5, 5.41) is 0.144. The lowest BCUT2D eigenvalue weighted by Crippen LogP contribution is -2.19. The summed E-state index contributed by atoms with van der Waals surface area (Å²) in [5.74, 6) is 2.57. The van der Waals surface area contributed by atoms with Gasteiger partial charge < -0.3 is 23.5 Å². The summed E-state index contributed by atoms with van der Waals surface area (Å²) in [6, 6.07) is 9.14. The molecule has 0 bridgehead atoms. The first kappa shape index (κ1) is 21.1. The summed E-state index contributed by atoms with van der Waals surface area (Å²) >= 11 is 2.12. The zero-order valence-electron chi connectivity index (χ0n) is 16.8. The quantitative estimate of drug-likeness (QED) is 0.334. The monoisotopic (exact) mass is 518 g/mol. The highest BCUT2D eigenvalue weighted by Crippen LogP contribution is 2.41. The molecule has 0 saturated heterocycles. The van der Waals surface area contributed by atoms with E-state index >= 15 is 0 Å². The minimum absolute atomic E-state index is 0.144. The smallest absolute Gasteiger partial charge is 0.231 e. The molecule has 166 valence electrons. The van der Waals surface area contributed by atoms with E-state index in [9.17, 15) is 4.55 Å². The molecule has 1 unspecified atom stereocenters. The Hall–Kier alpha value is -2.76. The predicted octanol–water partition coefficient (Wildman–Crippen LogP) is 3.73. The van der Waals surface area contributed by atoms with Crippen LogP contribution in [0.3, 0.4) is 0 Å². The van der Waals surface area contributed by atoms with Gasteiger partial charge in [0, 0.05) is 29.6 Å². The Morgan fingerprint density at radius 3 is 2.72 bits per heavy atom. The number of rotatable bonds is 9. The SMILES string of the molecule is [O-][S+](Nc1ncnc(OCCOc2ccc(Br)cn2)c1-c1ccc2c(c1)OCO2)C1CC1. The van der Waals surface area contributed by atoms with Crippen molar-refractivity contribution >= 4 is 33.1 Å². The van der Waals surface area contributed by atoms with Crippen LogP contribution in [0.1, 0.15) is 12.8 Å². The van der Waals surface area contributed by atoms with Crippen LogP contribution in [-0.2, 0) is 11.4 Å². The molecule has 1 saturated carbocycles. The van der Waals surface area contributed by atoms with Crippen LogP contribution in [0.25, 0.3) is 11.1 Å². The average Bonchev–Trinajstić information content (AvgIpc) is 3.55. The van der Waals surface area contributed by atoms with Crippen molar-refractivity contribution in [3.05, 3.63) is 47.3 Å². The largest absolute Gasteiger partial charge is 0.593 e. The van der Waals surface area contributed by atoms with Gasteiger partial charge in [0.2, 0.25) is 18.6 Å². The van der Waals surface area contributed by atoms with Gasteiger partial charge in [-0.3, -0.25) is 0 Å². The average molecular weight is 519 g/mol. The molecule has 1 N–H and O–H groups in total. The van der Waals surface area contributed by atoms with E-state index in [1.54, 1.807) is 12.3 Å². The van der Waals surface area contributed by atoms with Crippen molar-refractivity contribution < 1.29 is 23.5 Å². The van der Waals surface area contributed by atoms with Crippen molar-refractivity contribution in [2.24, 2.45) is 0 Å². The van der Waals surface area contributed by atoms with Crippen molar-refractivity contribution in [3.63, 3.8) is 0 Å². The maximum atomic E-state index is 12.5. The maximum Gasteiger partial charge on any atom is 0.231 e. The van der Waals surface area contributed by atoms with Gasteiger partial charge >= 0.3 is 0 Å². The lowest BCUT2D eigenvalue weighted by Gasteiger charge is -2.16. The molecule has 1 aliphatic heterocycles. The van der Waals surface area contributed by atoms with Crippen molar-refractivity contribution in [3.8, 4) is 34.4 Å². The first-order valence-electron chi connectivity index (χ1n) is 9.97. The fourth-order valence-corrected chi connectivity index (χ4v) is 4.37. The third-order valence-corrected chi connectivity index (χ3v) is 6.71. The normalized spacial score (nSPS) is 15.3.